The minimum absolute atomic E-state index is 0.0317. The van der Waals surface area contributed by atoms with E-state index in [0.29, 0.717) is 31.5 Å². The van der Waals surface area contributed by atoms with E-state index in [2.05, 4.69) is 10.1 Å². The minimum Gasteiger partial charge on any atom is -0.493 e. The van der Waals surface area contributed by atoms with Gasteiger partial charge in [0, 0.05) is 37.7 Å². The first-order chi connectivity index (χ1) is 15.4. The van der Waals surface area contributed by atoms with Crippen molar-refractivity contribution >= 4 is 23.5 Å². The Kier molecular flexibility index (Phi) is 4.58. The summed E-state index contributed by atoms with van der Waals surface area (Å²) in [4.78, 5) is 43.1. The summed E-state index contributed by atoms with van der Waals surface area (Å²) in [7, 11) is 0. The number of amides is 1. The second-order valence-electron chi connectivity index (χ2n) is 7.73. The van der Waals surface area contributed by atoms with Crippen LogP contribution in [0.25, 0.3) is 5.65 Å². The Morgan fingerprint density at radius 3 is 2.69 bits per heavy atom. The molecule has 10 heteroatoms. The van der Waals surface area contributed by atoms with Crippen molar-refractivity contribution in [3.63, 3.8) is 0 Å². The van der Waals surface area contributed by atoms with Crippen LogP contribution in [0.3, 0.4) is 0 Å². The zero-order valence-corrected chi connectivity index (χ0v) is 17.3. The largest absolute Gasteiger partial charge is 0.493 e. The summed E-state index contributed by atoms with van der Waals surface area (Å²) in [6.45, 7) is 2.55. The van der Waals surface area contributed by atoms with Crippen LogP contribution in [0.5, 0.6) is 5.88 Å². The molecule has 1 saturated heterocycles. The molecule has 1 N–H and O–H groups in total. The molecule has 1 fully saturated rings. The number of hydrogen-bond acceptors (Lipinski definition) is 8. The topological polar surface area (TPSA) is 123 Å². The zero-order valence-electron chi connectivity index (χ0n) is 17.3. The predicted molar refractivity (Wildman–Crippen MR) is 109 cm³/mol. The third kappa shape index (κ3) is 2.90. The van der Waals surface area contributed by atoms with Crippen LogP contribution in [0.4, 0.5) is 0 Å². The Morgan fingerprint density at radius 1 is 1.19 bits per heavy atom. The number of rotatable bonds is 3. The number of carbonyl (C=O) groups is 3. The van der Waals surface area contributed by atoms with E-state index in [1.54, 1.807) is 24.0 Å². The smallest absolute Gasteiger partial charge is 0.343 e. The maximum atomic E-state index is 13.1. The summed E-state index contributed by atoms with van der Waals surface area (Å²) >= 11 is 0. The lowest BCUT2D eigenvalue weighted by Crippen LogP contribution is -2.45. The van der Waals surface area contributed by atoms with Gasteiger partial charge in [0.2, 0.25) is 5.88 Å². The number of fused-ring (bicyclic) bond motifs is 3. The van der Waals surface area contributed by atoms with Gasteiger partial charge in [-0.3, -0.25) is 4.79 Å². The molecular formula is C22H20N4O6. The first-order valence-corrected chi connectivity index (χ1v) is 10.3. The SMILES string of the molecule is CCOC(=O)c1cnn2c(O)c(C(=O)N3CCC4(CC3)OC(=O)c3ccccc34)cnc12. The molecule has 10 nitrogen and oxygen atoms in total. The Bertz CT molecular complexity index is 1260. The first kappa shape index (κ1) is 20.0. The van der Waals surface area contributed by atoms with Gasteiger partial charge in [0.05, 0.1) is 18.4 Å². The van der Waals surface area contributed by atoms with E-state index in [4.69, 9.17) is 9.47 Å². The zero-order chi connectivity index (χ0) is 22.5. The molecule has 0 aliphatic carbocycles. The fraction of sp³-hybridized carbons (Fsp3) is 0.318. The third-order valence-electron chi connectivity index (χ3n) is 6.01. The van der Waals surface area contributed by atoms with Crippen LogP contribution in [-0.4, -0.2) is 62.1 Å². The molecule has 5 rings (SSSR count). The monoisotopic (exact) mass is 436 g/mol. The molecule has 0 atom stereocenters. The molecule has 0 unspecified atom stereocenters. The summed E-state index contributed by atoms with van der Waals surface area (Å²) in [5.41, 5.74) is 0.857. The van der Waals surface area contributed by atoms with E-state index in [1.165, 1.54) is 12.4 Å². The van der Waals surface area contributed by atoms with Crippen molar-refractivity contribution < 1.29 is 29.0 Å². The van der Waals surface area contributed by atoms with Gasteiger partial charge in [0.25, 0.3) is 5.91 Å². The third-order valence-corrected chi connectivity index (χ3v) is 6.01. The lowest BCUT2D eigenvalue weighted by molar-refractivity contribution is -0.0390. The molecule has 1 spiro atoms. The number of esters is 2. The molecule has 4 heterocycles. The number of likely N-dealkylation sites (tertiary alicyclic amines) is 1. The highest BCUT2D eigenvalue weighted by molar-refractivity contribution is 5.99. The maximum Gasteiger partial charge on any atom is 0.343 e. The van der Waals surface area contributed by atoms with Gasteiger partial charge in [-0.2, -0.15) is 9.61 Å². The average Bonchev–Trinajstić information content (AvgIpc) is 3.35. The van der Waals surface area contributed by atoms with Gasteiger partial charge in [-0.05, 0) is 13.0 Å². The predicted octanol–water partition coefficient (Wildman–Crippen LogP) is 1.91. The van der Waals surface area contributed by atoms with E-state index in [9.17, 15) is 19.5 Å². The number of aromatic nitrogens is 3. The fourth-order valence-electron chi connectivity index (χ4n) is 4.38. The normalized spacial score (nSPS) is 16.8. The maximum absolute atomic E-state index is 13.1. The molecule has 3 aromatic rings. The van der Waals surface area contributed by atoms with E-state index in [1.807, 2.05) is 12.1 Å². The Hall–Kier alpha value is -3.95. The van der Waals surface area contributed by atoms with Gasteiger partial charge in [-0.1, -0.05) is 18.2 Å². The quantitative estimate of drug-likeness (QED) is 0.618. The Morgan fingerprint density at radius 2 is 1.94 bits per heavy atom. The summed E-state index contributed by atoms with van der Waals surface area (Å²) in [6.07, 6.45) is 3.37. The molecule has 32 heavy (non-hydrogen) atoms. The highest BCUT2D eigenvalue weighted by Crippen LogP contribution is 2.44. The molecule has 2 aromatic heterocycles. The lowest BCUT2D eigenvalue weighted by atomic mass is 9.83. The molecule has 1 aromatic carbocycles. The average molecular weight is 436 g/mol. The highest BCUT2D eigenvalue weighted by atomic mass is 16.6. The number of piperidine rings is 1. The summed E-state index contributed by atoms with van der Waals surface area (Å²) in [5.74, 6) is -1.78. The number of benzene rings is 1. The Balaban J connectivity index is 1.38. The van der Waals surface area contributed by atoms with Gasteiger partial charge in [0.15, 0.2) is 5.65 Å². The second kappa shape index (κ2) is 7.33. The Labute approximate surface area is 182 Å². The molecule has 2 aliphatic rings. The minimum atomic E-state index is -0.731. The van der Waals surface area contributed by atoms with Crippen LogP contribution < -0.4 is 0 Å². The van der Waals surface area contributed by atoms with Crippen molar-refractivity contribution in [3.8, 4) is 5.88 Å². The van der Waals surface area contributed by atoms with Gasteiger partial charge >= 0.3 is 11.9 Å². The molecule has 2 aliphatic heterocycles. The van der Waals surface area contributed by atoms with E-state index in [-0.39, 0.29) is 29.4 Å². The number of ether oxygens (including phenoxy) is 2. The lowest BCUT2D eigenvalue weighted by Gasteiger charge is -2.38. The molecule has 1 amide bonds. The van der Waals surface area contributed by atoms with Crippen LogP contribution in [0, 0.1) is 0 Å². The van der Waals surface area contributed by atoms with E-state index >= 15 is 0 Å². The number of aromatic hydroxyl groups is 1. The van der Waals surface area contributed by atoms with Crippen molar-refractivity contribution in [1.29, 1.82) is 0 Å². The summed E-state index contributed by atoms with van der Waals surface area (Å²) < 4.78 is 11.7. The van der Waals surface area contributed by atoms with E-state index in [0.717, 1.165) is 10.1 Å². The first-order valence-electron chi connectivity index (χ1n) is 10.3. The fourth-order valence-corrected chi connectivity index (χ4v) is 4.38. The van der Waals surface area contributed by atoms with Crippen molar-refractivity contribution in [2.75, 3.05) is 19.7 Å². The van der Waals surface area contributed by atoms with Gasteiger partial charge in [0.1, 0.15) is 16.7 Å². The number of nitrogens with zero attached hydrogens (tertiary/aromatic N) is 4. The second-order valence-corrected chi connectivity index (χ2v) is 7.73. The van der Waals surface area contributed by atoms with Gasteiger partial charge < -0.3 is 19.5 Å². The van der Waals surface area contributed by atoms with Crippen LogP contribution in [0.15, 0.2) is 36.7 Å². The summed E-state index contributed by atoms with van der Waals surface area (Å²) in [6, 6.07) is 7.30. The molecule has 0 saturated carbocycles. The highest BCUT2D eigenvalue weighted by Gasteiger charge is 2.47. The number of carbonyl (C=O) groups excluding carboxylic acids is 3. The standard InChI is InChI=1S/C22H20N4O6/c1-2-31-20(29)14-12-24-26-17(14)23-11-15(19(26)28)18(27)25-9-7-22(8-10-25)16-6-4-3-5-13(16)21(30)32-22/h3-6,11-12,28H,2,7-10H2,1H3. The van der Waals surface area contributed by atoms with Gasteiger partial charge in [-0.25, -0.2) is 14.6 Å². The molecule has 164 valence electrons. The van der Waals surface area contributed by atoms with Crippen LogP contribution >= 0.6 is 0 Å². The number of hydrogen-bond donors (Lipinski definition) is 1. The van der Waals surface area contributed by atoms with Crippen molar-refractivity contribution in [2.24, 2.45) is 0 Å². The van der Waals surface area contributed by atoms with Gasteiger partial charge in [-0.15, -0.1) is 0 Å². The summed E-state index contributed by atoms with van der Waals surface area (Å²) in [5, 5.41) is 14.6. The van der Waals surface area contributed by atoms with Crippen LogP contribution in [-0.2, 0) is 15.1 Å². The van der Waals surface area contributed by atoms with Crippen LogP contribution in [0.1, 0.15) is 56.4 Å². The van der Waals surface area contributed by atoms with Crippen molar-refractivity contribution in [2.45, 2.75) is 25.4 Å². The van der Waals surface area contributed by atoms with Crippen molar-refractivity contribution in [3.05, 3.63) is 58.9 Å². The van der Waals surface area contributed by atoms with Crippen LogP contribution in [0.2, 0.25) is 0 Å². The molecule has 0 bridgehead atoms. The molecule has 0 radical (unpaired) electrons. The molecular weight excluding hydrogens is 416 g/mol. The van der Waals surface area contributed by atoms with E-state index < -0.39 is 23.4 Å². The van der Waals surface area contributed by atoms with Crippen molar-refractivity contribution in [1.82, 2.24) is 19.5 Å².